The number of hydrogen-bond acceptors (Lipinski definition) is 4. The molecule has 16 heavy (non-hydrogen) atoms. The first-order chi connectivity index (χ1) is 7.70. The number of nitrogens with one attached hydrogen (secondary N) is 1. The van der Waals surface area contributed by atoms with Crippen molar-refractivity contribution in [3.63, 3.8) is 0 Å². The van der Waals surface area contributed by atoms with Crippen molar-refractivity contribution in [2.75, 3.05) is 11.9 Å². The highest BCUT2D eigenvalue weighted by Crippen LogP contribution is 2.26. The average molecular weight is 242 g/mol. The van der Waals surface area contributed by atoms with Crippen molar-refractivity contribution in [3.05, 3.63) is 29.0 Å². The SMILES string of the molecule is CCNc1nc(-c2ccc(F)cc2Cl)no1. The average Bonchev–Trinajstić information content (AvgIpc) is 2.67. The zero-order valence-electron chi connectivity index (χ0n) is 8.50. The van der Waals surface area contributed by atoms with Crippen molar-refractivity contribution in [2.24, 2.45) is 0 Å². The predicted octanol–water partition coefficient (Wildman–Crippen LogP) is 2.96. The van der Waals surface area contributed by atoms with E-state index in [1.54, 1.807) is 0 Å². The molecule has 6 heteroatoms. The van der Waals surface area contributed by atoms with E-state index in [0.717, 1.165) is 0 Å². The van der Waals surface area contributed by atoms with Gasteiger partial charge in [-0.1, -0.05) is 16.8 Å². The Morgan fingerprint density at radius 1 is 1.50 bits per heavy atom. The van der Waals surface area contributed by atoms with Gasteiger partial charge in [0.2, 0.25) is 5.82 Å². The molecular formula is C10H9ClFN3O. The molecule has 0 atom stereocenters. The Bertz CT molecular complexity index is 501. The second-order valence-corrected chi connectivity index (χ2v) is 3.48. The highest BCUT2D eigenvalue weighted by Gasteiger charge is 2.11. The van der Waals surface area contributed by atoms with Crippen LogP contribution in [0.5, 0.6) is 0 Å². The molecule has 84 valence electrons. The molecule has 1 aromatic carbocycles. The van der Waals surface area contributed by atoms with Crippen LogP contribution >= 0.6 is 11.6 Å². The van der Waals surface area contributed by atoms with Crippen LogP contribution in [0.1, 0.15) is 6.92 Å². The number of hydrogen-bond donors (Lipinski definition) is 1. The lowest BCUT2D eigenvalue weighted by molar-refractivity contribution is 0.432. The smallest absolute Gasteiger partial charge is 0.321 e. The Labute approximate surface area is 96.4 Å². The summed E-state index contributed by atoms with van der Waals surface area (Å²) in [6.45, 7) is 2.59. The van der Waals surface area contributed by atoms with Gasteiger partial charge in [0.1, 0.15) is 5.82 Å². The molecule has 0 fully saturated rings. The Morgan fingerprint density at radius 3 is 3.00 bits per heavy atom. The maximum absolute atomic E-state index is 12.8. The van der Waals surface area contributed by atoms with Crippen LogP contribution in [0.15, 0.2) is 22.7 Å². The van der Waals surface area contributed by atoms with Crippen molar-refractivity contribution >= 4 is 17.6 Å². The fourth-order valence-corrected chi connectivity index (χ4v) is 1.48. The molecule has 0 aliphatic heterocycles. The molecule has 0 bridgehead atoms. The lowest BCUT2D eigenvalue weighted by atomic mass is 10.2. The first-order valence-corrected chi connectivity index (χ1v) is 5.11. The van der Waals surface area contributed by atoms with Gasteiger partial charge in [-0.25, -0.2) is 4.39 Å². The molecule has 0 saturated carbocycles. The molecule has 0 unspecified atom stereocenters. The van der Waals surface area contributed by atoms with Crippen molar-refractivity contribution < 1.29 is 8.91 Å². The van der Waals surface area contributed by atoms with E-state index in [1.165, 1.54) is 18.2 Å². The van der Waals surface area contributed by atoms with E-state index >= 15 is 0 Å². The maximum Gasteiger partial charge on any atom is 0.321 e. The summed E-state index contributed by atoms with van der Waals surface area (Å²) in [5.74, 6) is -0.0647. The van der Waals surface area contributed by atoms with Crippen LogP contribution in [0.25, 0.3) is 11.4 Å². The van der Waals surface area contributed by atoms with Crippen LogP contribution < -0.4 is 5.32 Å². The quantitative estimate of drug-likeness (QED) is 0.898. The molecule has 1 N–H and O–H groups in total. The van der Waals surface area contributed by atoms with Crippen LogP contribution in [0, 0.1) is 5.82 Å². The summed E-state index contributed by atoms with van der Waals surface area (Å²) in [7, 11) is 0. The zero-order valence-corrected chi connectivity index (χ0v) is 9.25. The molecule has 0 radical (unpaired) electrons. The van der Waals surface area contributed by atoms with Crippen molar-refractivity contribution in [1.82, 2.24) is 10.1 Å². The van der Waals surface area contributed by atoms with Crippen molar-refractivity contribution in [3.8, 4) is 11.4 Å². The number of anilines is 1. The predicted molar refractivity (Wildman–Crippen MR) is 58.9 cm³/mol. The van der Waals surface area contributed by atoms with E-state index in [4.69, 9.17) is 16.1 Å². The third kappa shape index (κ3) is 2.14. The van der Waals surface area contributed by atoms with Gasteiger partial charge in [-0.05, 0) is 25.1 Å². The lowest BCUT2D eigenvalue weighted by Crippen LogP contribution is -1.95. The van der Waals surface area contributed by atoms with E-state index in [1.807, 2.05) is 6.92 Å². The summed E-state index contributed by atoms with van der Waals surface area (Å²) in [4.78, 5) is 4.06. The molecule has 2 rings (SSSR count). The normalized spacial score (nSPS) is 10.4. The van der Waals surface area contributed by atoms with Gasteiger partial charge < -0.3 is 9.84 Å². The van der Waals surface area contributed by atoms with Crippen LogP contribution in [-0.2, 0) is 0 Å². The van der Waals surface area contributed by atoms with E-state index in [0.29, 0.717) is 23.9 Å². The van der Waals surface area contributed by atoms with Crippen LogP contribution in [0.3, 0.4) is 0 Å². The van der Waals surface area contributed by atoms with Gasteiger partial charge in [-0.15, -0.1) is 0 Å². The lowest BCUT2D eigenvalue weighted by Gasteiger charge is -1.97. The zero-order chi connectivity index (χ0) is 11.5. The van der Waals surface area contributed by atoms with E-state index in [9.17, 15) is 4.39 Å². The van der Waals surface area contributed by atoms with Gasteiger partial charge >= 0.3 is 6.01 Å². The molecule has 0 saturated heterocycles. The second kappa shape index (κ2) is 4.49. The first kappa shape index (κ1) is 10.9. The maximum atomic E-state index is 12.8. The van der Waals surface area contributed by atoms with Crippen LogP contribution in [0.4, 0.5) is 10.4 Å². The van der Waals surface area contributed by atoms with Gasteiger partial charge in [-0.2, -0.15) is 4.98 Å². The summed E-state index contributed by atoms with van der Waals surface area (Å²) >= 11 is 5.87. The van der Waals surface area contributed by atoms with E-state index in [2.05, 4.69) is 15.5 Å². The summed E-state index contributed by atoms with van der Waals surface area (Å²) in [6, 6.07) is 4.33. The molecule has 0 amide bonds. The largest absolute Gasteiger partial charge is 0.338 e. The third-order valence-corrected chi connectivity index (χ3v) is 2.24. The molecule has 4 nitrogen and oxygen atoms in total. The minimum absolute atomic E-state index is 0.254. The van der Waals surface area contributed by atoms with Crippen molar-refractivity contribution in [2.45, 2.75) is 6.92 Å². The minimum atomic E-state index is -0.399. The summed E-state index contributed by atoms with van der Waals surface area (Å²) < 4.78 is 17.7. The minimum Gasteiger partial charge on any atom is -0.338 e. The number of rotatable bonds is 3. The number of benzene rings is 1. The Morgan fingerprint density at radius 2 is 2.31 bits per heavy atom. The van der Waals surface area contributed by atoms with Gasteiger partial charge in [0.25, 0.3) is 0 Å². The second-order valence-electron chi connectivity index (χ2n) is 3.08. The molecule has 1 heterocycles. The number of aromatic nitrogens is 2. The Kier molecular flexibility index (Phi) is 3.05. The Hall–Kier alpha value is -1.62. The molecular weight excluding hydrogens is 233 g/mol. The first-order valence-electron chi connectivity index (χ1n) is 4.73. The summed E-state index contributed by atoms with van der Waals surface area (Å²) in [6.07, 6.45) is 0. The summed E-state index contributed by atoms with van der Waals surface area (Å²) in [5.41, 5.74) is 0.538. The van der Waals surface area contributed by atoms with Gasteiger partial charge in [0.15, 0.2) is 0 Å². The van der Waals surface area contributed by atoms with Gasteiger partial charge in [0.05, 0.1) is 5.02 Å². The fraction of sp³-hybridized carbons (Fsp3) is 0.200. The van der Waals surface area contributed by atoms with Gasteiger partial charge in [-0.3, -0.25) is 0 Å². The number of nitrogens with zero attached hydrogens (tertiary/aromatic N) is 2. The molecule has 1 aromatic heterocycles. The van der Waals surface area contributed by atoms with E-state index < -0.39 is 5.82 Å². The fourth-order valence-electron chi connectivity index (χ4n) is 1.23. The highest BCUT2D eigenvalue weighted by molar-refractivity contribution is 6.33. The molecule has 2 aromatic rings. The standard InChI is InChI=1S/C10H9ClFN3O/c1-2-13-10-14-9(15-16-10)7-4-3-6(12)5-8(7)11/h3-5H,2H2,1H3,(H,13,14,15). The van der Waals surface area contributed by atoms with Crippen molar-refractivity contribution in [1.29, 1.82) is 0 Å². The third-order valence-electron chi connectivity index (χ3n) is 1.93. The Balaban J connectivity index is 2.35. The van der Waals surface area contributed by atoms with Gasteiger partial charge in [0, 0.05) is 12.1 Å². The summed E-state index contributed by atoms with van der Waals surface area (Å²) in [5, 5.41) is 6.86. The molecule has 0 aliphatic carbocycles. The monoisotopic (exact) mass is 241 g/mol. The number of halogens is 2. The van der Waals surface area contributed by atoms with Crippen LogP contribution in [-0.4, -0.2) is 16.7 Å². The highest BCUT2D eigenvalue weighted by atomic mass is 35.5. The topological polar surface area (TPSA) is 51.0 Å². The molecule has 0 spiro atoms. The van der Waals surface area contributed by atoms with E-state index in [-0.39, 0.29) is 5.02 Å². The van der Waals surface area contributed by atoms with Crippen LogP contribution in [0.2, 0.25) is 5.02 Å². The molecule has 0 aliphatic rings.